The Bertz CT molecular complexity index is 673. The van der Waals surface area contributed by atoms with Crippen LogP contribution in [0.3, 0.4) is 0 Å². The summed E-state index contributed by atoms with van der Waals surface area (Å²) in [6.07, 6.45) is 5.29. The molecule has 2 heterocycles. The predicted octanol–water partition coefficient (Wildman–Crippen LogP) is 0.711. The molecule has 0 aromatic heterocycles. The van der Waals surface area contributed by atoms with E-state index < -0.39 is 10.0 Å². The summed E-state index contributed by atoms with van der Waals surface area (Å²) in [5.74, 6) is 2.92. The van der Waals surface area contributed by atoms with E-state index in [1.807, 2.05) is 11.8 Å². The minimum Gasteiger partial charge on any atom is -0.357 e. The molecule has 3 aliphatic rings. The van der Waals surface area contributed by atoms with E-state index in [9.17, 15) is 13.2 Å². The first kappa shape index (κ1) is 22.7. The number of rotatable bonds is 7. The third-order valence-corrected chi connectivity index (χ3v) is 8.66. The van der Waals surface area contributed by atoms with Gasteiger partial charge in [0, 0.05) is 56.2 Å². The van der Waals surface area contributed by atoms with Gasteiger partial charge >= 0.3 is 0 Å². The minimum atomic E-state index is -3.25. The van der Waals surface area contributed by atoms with E-state index in [-0.39, 0.29) is 24.3 Å². The number of carbonyl (C=O) groups excluding carboxylic acids is 1. The van der Waals surface area contributed by atoms with Crippen molar-refractivity contribution in [2.24, 2.45) is 10.9 Å². The maximum absolute atomic E-state index is 12.6. The number of hydrogen-bond acceptors (Lipinski definition) is 5. The Balaban J connectivity index is 1.48. The monoisotopic (exact) mass is 445 g/mol. The van der Waals surface area contributed by atoms with Gasteiger partial charge in [0.15, 0.2) is 5.96 Å². The number of thioether (sulfide) groups is 1. The van der Waals surface area contributed by atoms with Gasteiger partial charge in [-0.05, 0) is 26.2 Å². The zero-order valence-electron chi connectivity index (χ0n) is 17.4. The highest BCUT2D eigenvalue weighted by atomic mass is 32.2. The van der Waals surface area contributed by atoms with Crippen molar-refractivity contribution in [2.75, 3.05) is 56.5 Å². The van der Waals surface area contributed by atoms with Gasteiger partial charge in [-0.1, -0.05) is 12.8 Å². The average molecular weight is 446 g/mol. The van der Waals surface area contributed by atoms with Crippen LogP contribution in [0.15, 0.2) is 4.99 Å². The van der Waals surface area contributed by atoms with Crippen molar-refractivity contribution in [3.8, 4) is 0 Å². The number of sulfonamides is 1. The van der Waals surface area contributed by atoms with Crippen LogP contribution in [0.5, 0.6) is 0 Å². The van der Waals surface area contributed by atoms with E-state index in [1.54, 1.807) is 16.1 Å². The van der Waals surface area contributed by atoms with Gasteiger partial charge in [0.25, 0.3) is 0 Å². The minimum absolute atomic E-state index is 0.0329. The second kappa shape index (κ2) is 10.9. The molecule has 0 spiro atoms. The maximum atomic E-state index is 12.6. The molecular formula is C19H35N5O3S2. The first-order valence-corrected chi connectivity index (χ1v) is 13.6. The van der Waals surface area contributed by atoms with Crippen LogP contribution in [-0.4, -0.2) is 92.1 Å². The third kappa shape index (κ3) is 6.49. The van der Waals surface area contributed by atoms with Crippen LogP contribution in [0.4, 0.5) is 0 Å². The van der Waals surface area contributed by atoms with Crippen molar-refractivity contribution < 1.29 is 13.2 Å². The zero-order valence-corrected chi connectivity index (χ0v) is 19.1. The van der Waals surface area contributed by atoms with E-state index in [2.05, 4.69) is 15.6 Å². The van der Waals surface area contributed by atoms with Crippen LogP contribution in [0.2, 0.25) is 0 Å². The summed E-state index contributed by atoms with van der Waals surface area (Å²) in [6.45, 7) is 5.61. The lowest BCUT2D eigenvalue weighted by Crippen LogP contribution is -2.46. The normalized spacial score (nSPS) is 24.8. The van der Waals surface area contributed by atoms with Crippen LogP contribution in [0, 0.1) is 5.92 Å². The highest BCUT2D eigenvalue weighted by Gasteiger charge is 2.32. The summed E-state index contributed by atoms with van der Waals surface area (Å²) >= 11 is 1.80. The number of amides is 1. The Kier molecular flexibility index (Phi) is 8.49. The number of likely N-dealkylation sites (tertiary alicyclic amines) is 1. The molecule has 0 radical (unpaired) electrons. The molecule has 2 aliphatic heterocycles. The van der Waals surface area contributed by atoms with Crippen molar-refractivity contribution in [3.05, 3.63) is 0 Å². The first-order chi connectivity index (χ1) is 14.0. The molecular weight excluding hydrogens is 410 g/mol. The molecule has 1 amide bonds. The second-order valence-corrected chi connectivity index (χ2v) is 11.3. The standard InChI is InChI=1S/C19H35N5O3S2/c1-2-20-19(21-8-14-29(26,27)24-10-12-28-13-11-24)22-17-7-9-23(15-17)18(25)16-5-3-4-6-16/h16-17H,2-15H2,1H3,(H2,20,21,22). The summed E-state index contributed by atoms with van der Waals surface area (Å²) in [5.41, 5.74) is 0. The summed E-state index contributed by atoms with van der Waals surface area (Å²) in [6, 6.07) is 0.161. The fourth-order valence-electron chi connectivity index (χ4n) is 4.25. The summed E-state index contributed by atoms with van der Waals surface area (Å²) in [5, 5.41) is 6.59. The molecule has 1 atom stereocenters. The largest absolute Gasteiger partial charge is 0.357 e. The smallest absolute Gasteiger partial charge is 0.225 e. The molecule has 3 fully saturated rings. The molecule has 0 aromatic carbocycles. The summed E-state index contributed by atoms with van der Waals surface area (Å²) < 4.78 is 26.5. The van der Waals surface area contributed by atoms with Gasteiger partial charge < -0.3 is 15.5 Å². The molecule has 2 saturated heterocycles. The van der Waals surface area contributed by atoms with Crippen LogP contribution >= 0.6 is 11.8 Å². The van der Waals surface area contributed by atoms with E-state index in [1.165, 1.54) is 12.8 Å². The number of carbonyl (C=O) groups is 1. The van der Waals surface area contributed by atoms with Crippen LogP contribution < -0.4 is 10.6 Å². The van der Waals surface area contributed by atoms with Crippen LogP contribution in [-0.2, 0) is 14.8 Å². The fourth-order valence-corrected chi connectivity index (χ4v) is 6.70. The third-order valence-electron chi connectivity index (χ3n) is 5.87. The molecule has 1 aliphatic carbocycles. The Labute approximate surface area is 179 Å². The molecule has 166 valence electrons. The predicted molar refractivity (Wildman–Crippen MR) is 119 cm³/mol. The number of aliphatic imine (C=N–C) groups is 1. The van der Waals surface area contributed by atoms with Crippen LogP contribution in [0.25, 0.3) is 0 Å². The summed E-state index contributed by atoms with van der Waals surface area (Å²) in [4.78, 5) is 19.1. The lowest BCUT2D eigenvalue weighted by atomic mass is 10.1. The lowest BCUT2D eigenvalue weighted by molar-refractivity contribution is -0.134. The number of hydrogen-bond donors (Lipinski definition) is 2. The number of nitrogens with zero attached hydrogens (tertiary/aromatic N) is 3. The van der Waals surface area contributed by atoms with Gasteiger partial charge in [0.2, 0.25) is 15.9 Å². The Morgan fingerprint density at radius 2 is 1.86 bits per heavy atom. The maximum Gasteiger partial charge on any atom is 0.225 e. The second-order valence-electron chi connectivity index (χ2n) is 7.98. The number of guanidine groups is 1. The van der Waals surface area contributed by atoms with Crippen molar-refractivity contribution in [1.29, 1.82) is 0 Å². The Morgan fingerprint density at radius 3 is 2.55 bits per heavy atom. The van der Waals surface area contributed by atoms with Gasteiger partial charge in [-0.15, -0.1) is 0 Å². The van der Waals surface area contributed by atoms with Gasteiger partial charge in [0.1, 0.15) is 0 Å². The van der Waals surface area contributed by atoms with E-state index in [0.29, 0.717) is 38.0 Å². The van der Waals surface area contributed by atoms with E-state index in [4.69, 9.17) is 0 Å². The Hall–Kier alpha value is -1.00. The van der Waals surface area contributed by atoms with E-state index in [0.717, 1.165) is 37.3 Å². The van der Waals surface area contributed by atoms with Crippen molar-refractivity contribution >= 4 is 33.7 Å². The van der Waals surface area contributed by atoms with Gasteiger partial charge in [-0.2, -0.15) is 11.8 Å². The van der Waals surface area contributed by atoms with E-state index >= 15 is 0 Å². The molecule has 1 saturated carbocycles. The molecule has 8 nitrogen and oxygen atoms in total. The molecule has 29 heavy (non-hydrogen) atoms. The molecule has 2 N–H and O–H groups in total. The molecule has 0 bridgehead atoms. The lowest BCUT2D eigenvalue weighted by Gasteiger charge is -2.25. The first-order valence-electron chi connectivity index (χ1n) is 10.9. The zero-order chi connectivity index (χ0) is 20.7. The highest BCUT2D eigenvalue weighted by Crippen LogP contribution is 2.27. The van der Waals surface area contributed by atoms with Crippen molar-refractivity contribution in [2.45, 2.75) is 45.1 Å². The van der Waals surface area contributed by atoms with Crippen molar-refractivity contribution in [3.63, 3.8) is 0 Å². The topological polar surface area (TPSA) is 94.1 Å². The molecule has 1 unspecified atom stereocenters. The van der Waals surface area contributed by atoms with Gasteiger partial charge in [-0.3, -0.25) is 9.79 Å². The average Bonchev–Trinajstić information content (AvgIpc) is 3.40. The van der Waals surface area contributed by atoms with Gasteiger partial charge in [0.05, 0.1) is 12.3 Å². The van der Waals surface area contributed by atoms with Crippen molar-refractivity contribution in [1.82, 2.24) is 19.8 Å². The molecule has 10 heteroatoms. The molecule has 0 aromatic rings. The Morgan fingerprint density at radius 1 is 1.14 bits per heavy atom. The fraction of sp³-hybridized carbons (Fsp3) is 0.895. The molecule has 3 rings (SSSR count). The summed E-state index contributed by atoms with van der Waals surface area (Å²) in [7, 11) is -3.25. The van der Waals surface area contributed by atoms with Gasteiger partial charge in [-0.25, -0.2) is 12.7 Å². The highest BCUT2D eigenvalue weighted by molar-refractivity contribution is 7.99. The SMILES string of the molecule is CCNC(=NCCS(=O)(=O)N1CCSCC1)NC1CCN(C(=O)C2CCCC2)C1. The number of nitrogens with one attached hydrogen (secondary N) is 2. The quantitative estimate of drug-likeness (QED) is 0.443. The van der Waals surface area contributed by atoms with Crippen LogP contribution in [0.1, 0.15) is 39.0 Å².